The van der Waals surface area contributed by atoms with Crippen molar-refractivity contribution >= 4 is 34.8 Å². The molecule has 0 aliphatic carbocycles. The largest absolute Gasteiger partial charge is 0.416 e. The normalized spacial score (nSPS) is 10.8. The third-order valence-electron chi connectivity index (χ3n) is 2.66. The molecule has 3 nitrogen and oxygen atoms in total. The Kier molecular flexibility index (Phi) is 3.66. The van der Waals surface area contributed by atoms with Gasteiger partial charge in [0, 0.05) is 16.1 Å². The molecule has 0 amide bonds. The first kappa shape index (κ1) is 13.4. The first-order valence-corrected chi connectivity index (χ1v) is 6.82. The molecule has 3 aromatic rings. The molecule has 0 aliphatic heterocycles. The fraction of sp³-hybridized carbons (Fsp3) is 0. The molecule has 0 aliphatic rings. The molecule has 1 heterocycles. The van der Waals surface area contributed by atoms with Crippen LogP contribution in [0.25, 0.3) is 22.9 Å². The van der Waals surface area contributed by atoms with Gasteiger partial charge in [-0.15, -0.1) is 10.2 Å². The summed E-state index contributed by atoms with van der Waals surface area (Å²) in [4.78, 5) is 0. The van der Waals surface area contributed by atoms with E-state index in [1.54, 1.807) is 30.3 Å². The number of halogens is 3. The van der Waals surface area contributed by atoms with Crippen molar-refractivity contribution < 1.29 is 4.42 Å². The summed E-state index contributed by atoms with van der Waals surface area (Å²) in [7, 11) is 0. The fourth-order valence-corrected chi connectivity index (χ4v) is 2.20. The van der Waals surface area contributed by atoms with Crippen molar-refractivity contribution in [1.82, 2.24) is 10.2 Å². The van der Waals surface area contributed by atoms with Crippen molar-refractivity contribution in [2.24, 2.45) is 0 Å². The molecule has 0 saturated carbocycles. The molecule has 100 valence electrons. The van der Waals surface area contributed by atoms with Crippen LogP contribution in [0, 0.1) is 0 Å². The van der Waals surface area contributed by atoms with E-state index in [0.29, 0.717) is 32.4 Å². The van der Waals surface area contributed by atoms with E-state index in [2.05, 4.69) is 10.2 Å². The Morgan fingerprint density at radius 1 is 0.750 bits per heavy atom. The summed E-state index contributed by atoms with van der Waals surface area (Å²) in [6.07, 6.45) is 0. The average Bonchev–Trinajstić information content (AvgIpc) is 2.92. The van der Waals surface area contributed by atoms with Gasteiger partial charge in [0.25, 0.3) is 0 Å². The topological polar surface area (TPSA) is 38.9 Å². The van der Waals surface area contributed by atoms with Crippen molar-refractivity contribution in [1.29, 1.82) is 0 Å². The van der Waals surface area contributed by atoms with Crippen LogP contribution in [0.1, 0.15) is 0 Å². The van der Waals surface area contributed by atoms with Crippen LogP contribution in [0.5, 0.6) is 0 Å². The molecular formula is C14H7Cl3N2O. The van der Waals surface area contributed by atoms with Gasteiger partial charge >= 0.3 is 0 Å². The molecule has 3 rings (SSSR count). The maximum absolute atomic E-state index is 5.97. The molecule has 0 bridgehead atoms. The predicted molar refractivity (Wildman–Crippen MR) is 80.2 cm³/mol. The Morgan fingerprint density at radius 2 is 1.45 bits per heavy atom. The second-order valence-corrected chi connectivity index (χ2v) is 5.30. The monoisotopic (exact) mass is 324 g/mol. The summed E-state index contributed by atoms with van der Waals surface area (Å²) in [5.41, 5.74) is 1.47. The van der Waals surface area contributed by atoms with E-state index in [0.717, 1.165) is 5.56 Å². The highest BCUT2D eigenvalue weighted by molar-refractivity contribution is 6.42. The number of nitrogens with zero attached hydrogens (tertiary/aromatic N) is 2. The maximum atomic E-state index is 5.97. The first-order valence-electron chi connectivity index (χ1n) is 5.68. The van der Waals surface area contributed by atoms with E-state index < -0.39 is 0 Å². The van der Waals surface area contributed by atoms with Crippen LogP contribution >= 0.6 is 34.8 Å². The third kappa shape index (κ3) is 2.66. The highest BCUT2D eigenvalue weighted by Gasteiger charge is 2.11. The van der Waals surface area contributed by atoms with Gasteiger partial charge < -0.3 is 4.42 Å². The number of rotatable bonds is 2. The Bertz CT molecular complexity index is 771. The number of aromatic nitrogens is 2. The van der Waals surface area contributed by atoms with Gasteiger partial charge in [-0.25, -0.2) is 0 Å². The van der Waals surface area contributed by atoms with Crippen LogP contribution in [-0.2, 0) is 0 Å². The lowest BCUT2D eigenvalue weighted by Gasteiger charge is -1.98. The lowest BCUT2D eigenvalue weighted by molar-refractivity contribution is 0.584. The predicted octanol–water partition coefficient (Wildman–Crippen LogP) is 5.36. The molecule has 6 heteroatoms. The molecule has 0 atom stereocenters. The third-order valence-corrected chi connectivity index (χ3v) is 3.64. The molecule has 0 radical (unpaired) electrons. The summed E-state index contributed by atoms with van der Waals surface area (Å²) < 4.78 is 5.62. The number of hydrogen-bond donors (Lipinski definition) is 0. The van der Waals surface area contributed by atoms with Crippen molar-refractivity contribution in [2.75, 3.05) is 0 Å². The van der Waals surface area contributed by atoms with Gasteiger partial charge in [-0.05, 0) is 36.4 Å². The van der Waals surface area contributed by atoms with Gasteiger partial charge in [-0.2, -0.15) is 0 Å². The van der Waals surface area contributed by atoms with Crippen molar-refractivity contribution in [3.63, 3.8) is 0 Å². The Balaban J connectivity index is 1.99. The molecule has 0 unspecified atom stereocenters. The molecule has 20 heavy (non-hydrogen) atoms. The van der Waals surface area contributed by atoms with Crippen LogP contribution < -0.4 is 0 Å². The summed E-state index contributed by atoms with van der Waals surface area (Å²) >= 11 is 17.8. The van der Waals surface area contributed by atoms with Gasteiger partial charge in [0.15, 0.2) is 0 Å². The molecule has 0 saturated heterocycles. The second-order valence-electron chi connectivity index (χ2n) is 4.05. The van der Waals surface area contributed by atoms with Crippen molar-refractivity contribution in [3.05, 3.63) is 57.5 Å². The smallest absolute Gasteiger partial charge is 0.248 e. The van der Waals surface area contributed by atoms with Crippen molar-refractivity contribution in [2.45, 2.75) is 0 Å². The van der Waals surface area contributed by atoms with E-state index in [4.69, 9.17) is 39.2 Å². The van der Waals surface area contributed by atoms with Gasteiger partial charge in [0.1, 0.15) is 0 Å². The highest BCUT2D eigenvalue weighted by atomic mass is 35.5. The van der Waals surface area contributed by atoms with Crippen LogP contribution in [0.3, 0.4) is 0 Å². The van der Waals surface area contributed by atoms with E-state index >= 15 is 0 Å². The molecule has 2 aromatic carbocycles. The zero-order valence-corrected chi connectivity index (χ0v) is 12.2. The summed E-state index contributed by atoms with van der Waals surface area (Å²) in [5.74, 6) is 0.770. The van der Waals surface area contributed by atoms with Crippen LogP contribution in [0.15, 0.2) is 46.9 Å². The fourth-order valence-electron chi connectivity index (χ4n) is 1.71. The SMILES string of the molecule is Clc1cccc(-c2nnc(-c3ccc(Cl)c(Cl)c3)o2)c1. The first-order chi connectivity index (χ1) is 9.63. The molecule has 0 N–H and O–H groups in total. The van der Waals surface area contributed by atoms with Crippen LogP contribution in [0.2, 0.25) is 15.1 Å². The van der Waals surface area contributed by atoms with Crippen LogP contribution in [-0.4, -0.2) is 10.2 Å². The van der Waals surface area contributed by atoms with E-state index in [1.165, 1.54) is 0 Å². The zero-order chi connectivity index (χ0) is 14.1. The van der Waals surface area contributed by atoms with E-state index in [-0.39, 0.29) is 0 Å². The van der Waals surface area contributed by atoms with Crippen molar-refractivity contribution in [3.8, 4) is 22.9 Å². The van der Waals surface area contributed by atoms with E-state index in [9.17, 15) is 0 Å². The minimum atomic E-state index is 0.374. The maximum Gasteiger partial charge on any atom is 0.248 e. The van der Waals surface area contributed by atoms with E-state index in [1.807, 2.05) is 12.1 Å². The van der Waals surface area contributed by atoms with Gasteiger partial charge in [-0.1, -0.05) is 40.9 Å². The molecule has 0 spiro atoms. The minimum Gasteiger partial charge on any atom is -0.416 e. The van der Waals surface area contributed by atoms with Gasteiger partial charge in [-0.3, -0.25) is 0 Å². The second kappa shape index (κ2) is 5.44. The standard InChI is InChI=1S/C14H7Cl3N2O/c15-10-3-1-2-8(6-10)13-18-19-14(20-13)9-4-5-11(16)12(17)7-9/h1-7H. The summed E-state index contributed by atoms with van der Waals surface area (Å²) in [6, 6.07) is 12.3. The van der Waals surface area contributed by atoms with Crippen LogP contribution in [0.4, 0.5) is 0 Å². The Morgan fingerprint density at radius 3 is 2.10 bits per heavy atom. The molecule has 0 fully saturated rings. The Labute approximate surface area is 130 Å². The Hall–Kier alpha value is -1.55. The number of benzene rings is 2. The average molecular weight is 326 g/mol. The summed E-state index contributed by atoms with van der Waals surface area (Å²) in [5, 5.41) is 9.53. The quantitative estimate of drug-likeness (QED) is 0.636. The zero-order valence-electron chi connectivity index (χ0n) is 9.98. The summed E-state index contributed by atoms with van der Waals surface area (Å²) in [6.45, 7) is 0. The van der Waals surface area contributed by atoms with Gasteiger partial charge in [0.05, 0.1) is 10.0 Å². The van der Waals surface area contributed by atoms with Gasteiger partial charge in [0.2, 0.25) is 11.8 Å². The lowest BCUT2D eigenvalue weighted by Crippen LogP contribution is -1.78. The molecular weight excluding hydrogens is 319 g/mol. The molecule has 1 aromatic heterocycles. The number of hydrogen-bond acceptors (Lipinski definition) is 3. The lowest BCUT2D eigenvalue weighted by atomic mass is 10.2. The minimum absolute atomic E-state index is 0.374. The highest BCUT2D eigenvalue weighted by Crippen LogP contribution is 2.30.